The zero-order valence-electron chi connectivity index (χ0n) is 48.8. The topological polar surface area (TPSA) is 78.9 Å². The Morgan fingerprint density at radius 1 is 0.280 bits per heavy atom. The summed E-state index contributed by atoms with van der Waals surface area (Å²) in [4.78, 5) is 38.2. The van der Waals surface area contributed by atoms with Crippen molar-refractivity contribution in [1.82, 2.24) is 0 Å². The van der Waals surface area contributed by atoms with E-state index in [0.29, 0.717) is 19.3 Å². The molecule has 6 heteroatoms. The third-order valence-electron chi connectivity index (χ3n) is 13.0. The van der Waals surface area contributed by atoms with Crippen molar-refractivity contribution in [2.24, 2.45) is 0 Å². The minimum absolute atomic E-state index is 0.0916. The number of esters is 3. The SMILES string of the molecule is CC/C=C\C/C=C\C/C=C\C/C=C\C/C=C\C/C=C\C/C=C\C/C=C\C/C=C\CCCCCC(=O)OCC(COC(=O)CCCCCCCCCCCCCCC)OC(=O)CCCCCCC/C=C\CCCCCC. The van der Waals surface area contributed by atoms with Gasteiger partial charge in [-0.05, 0) is 116 Å². The molecule has 0 amide bonds. The Morgan fingerprint density at radius 3 is 0.853 bits per heavy atom. The van der Waals surface area contributed by atoms with Crippen molar-refractivity contribution >= 4 is 17.9 Å². The molecule has 0 aliphatic carbocycles. The molecule has 0 aliphatic rings. The van der Waals surface area contributed by atoms with Gasteiger partial charge >= 0.3 is 17.9 Å². The van der Waals surface area contributed by atoms with Crippen LogP contribution in [-0.4, -0.2) is 37.2 Å². The van der Waals surface area contributed by atoms with Gasteiger partial charge in [0.15, 0.2) is 6.10 Å². The lowest BCUT2D eigenvalue weighted by atomic mass is 10.0. The van der Waals surface area contributed by atoms with Gasteiger partial charge in [0.1, 0.15) is 13.2 Å². The lowest BCUT2D eigenvalue weighted by Gasteiger charge is -2.18. The molecular weight excluding hydrogens is 925 g/mol. The third-order valence-corrected chi connectivity index (χ3v) is 13.0. The summed E-state index contributed by atoms with van der Waals surface area (Å²) in [6, 6.07) is 0. The maximum Gasteiger partial charge on any atom is 0.306 e. The number of hydrogen-bond donors (Lipinski definition) is 0. The van der Waals surface area contributed by atoms with E-state index in [1.807, 2.05) is 0 Å². The van der Waals surface area contributed by atoms with Crippen LogP contribution in [-0.2, 0) is 28.6 Å². The summed E-state index contributed by atoms with van der Waals surface area (Å²) in [5.74, 6) is -0.933. The first-order valence-electron chi connectivity index (χ1n) is 31.0. The number of unbranched alkanes of at least 4 members (excludes halogenated alkanes) is 24. The van der Waals surface area contributed by atoms with Crippen LogP contribution in [0.25, 0.3) is 0 Å². The molecule has 0 aromatic carbocycles. The van der Waals surface area contributed by atoms with Crippen LogP contribution < -0.4 is 0 Å². The number of hydrogen-bond acceptors (Lipinski definition) is 6. The first-order valence-corrected chi connectivity index (χ1v) is 31.0. The molecule has 0 aliphatic heterocycles. The molecule has 0 radical (unpaired) electrons. The molecule has 0 rings (SSSR count). The summed E-state index contributed by atoms with van der Waals surface area (Å²) in [7, 11) is 0. The highest BCUT2D eigenvalue weighted by Gasteiger charge is 2.19. The number of carbonyl (C=O) groups excluding carboxylic acids is 3. The van der Waals surface area contributed by atoms with Crippen LogP contribution >= 0.6 is 0 Å². The van der Waals surface area contributed by atoms with E-state index in [2.05, 4.69) is 142 Å². The summed E-state index contributed by atoms with van der Waals surface area (Å²) in [6.07, 6.45) is 86.3. The standard InChI is InChI=1S/C69H114O6/c1-4-7-10-13-16-19-22-25-26-27-28-29-30-31-32-33-34-35-36-37-38-39-40-41-42-45-47-50-53-56-59-62-68(71)74-65-66(75-69(72)63-60-57-54-51-48-44-24-21-18-15-12-9-6-3)64-73-67(70)61-58-55-52-49-46-43-23-20-17-14-11-8-5-2/h7,10,16,19,21,24-26,28-29,31-32,34-35,37-38,40-41,45,47,66H,4-6,8-9,11-15,17-18,20,22-23,27,30,33,36,39,42-44,46,48-65H2,1-3H3/b10-7-,19-16-,24-21-,26-25-,29-28-,32-31-,35-34-,38-37-,41-40-,47-45-. The van der Waals surface area contributed by atoms with E-state index in [-0.39, 0.29) is 31.1 Å². The van der Waals surface area contributed by atoms with E-state index in [1.54, 1.807) is 0 Å². The Bertz CT molecular complexity index is 1570. The molecule has 1 unspecified atom stereocenters. The second-order valence-corrected chi connectivity index (χ2v) is 20.2. The van der Waals surface area contributed by atoms with Crippen LogP contribution in [0.5, 0.6) is 0 Å². The quantitative estimate of drug-likeness (QED) is 0.0261. The second-order valence-electron chi connectivity index (χ2n) is 20.2. The maximum atomic E-state index is 12.8. The minimum atomic E-state index is -0.797. The lowest BCUT2D eigenvalue weighted by Crippen LogP contribution is -2.30. The van der Waals surface area contributed by atoms with Crippen LogP contribution in [0.2, 0.25) is 0 Å². The molecule has 0 spiro atoms. The van der Waals surface area contributed by atoms with Gasteiger partial charge in [-0.3, -0.25) is 14.4 Å². The first-order chi connectivity index (χ1) is 37.0. The van der Waals surface area contributed by atoms with Gasteiger partial charge < -0.3 is 14.2 Å². The van der Waals surface area contributed by atoms with E-state index in [4.69, 9.17) is 14.2 Å². The zero-order chi connectivity index (χ0) is 54.3. The zero-order valence-corrected chi connectivity index (χ0v) is 48.8. The Labute approximate surface area is 462 Å². The van der Waals surface area contributed by atoms with Crippen molar-refractivity contribution in [1.29, 1.82) is 0 Å². The highest BCUT2D eigenvalue weighted by molar-refractivity contribution is 5.71. The van der Waals surface area contributed by atoms with Crippen LogP contribution in [0, 0.1) is 0 Å². The number of ether oxygens (including phenoxy) is 3. The fraction of sp³-hybridized carbons (Fsp3) is 0.667. The fourth-order valence-corrected chi connectivity index (χ4v) is 8.31. The van der Waals surface area contributed by atoms with Crippen LogP contribution in [0.3, 0.4) is 0 Å². The Kier molecular flexibility index (Phi) is 58.9. The van der Waals surface area contributed by atoms with Crippen molar-refractivity contribution in [2.75, 3.05) is 13.2 Å². The smallest absolute Gasteiger partial charge is 0.306 e. The van der Waals surface area contributed by atoms with Gasteiger partial charge in [-0.15, -0.1) is 0 Å². The number of rotatable bonds is 55. The van der Waals surface area contributed by atoms with Gasteiger partial charge in [-0.1, -0.05) is 264 Å². The number of allylic oxidation sites excluding steroid dienone is 20. The van der Waals surface area contributed by atoms with E-state index in [9.17, 15) is 14.4 Å². The normalized spacial score (nSPS) is 12.9. The average Bonchev–Trinajstić information content (AvgIpc) is 3.41. The molecular formula is C69H114O6. The third kappa shape index (κ3) is 60.6. The van der Waals surface area contributed by atoms with Gasteiger partial charge in [-0.25, -0.2) is 0 Å². The van der Waals surface area contributed by atoms with Crippen LogP contribution in [0.15, 0.2) is 122 Å². The highest BCUT2D eigenvalue weighted by atomic mass is 16.6. The predicted molar refractivity (Wildman–Crippen MR) is 325 cm³/mol. The molecule has 0 saturated heterocycles. The molecule has 0 heterocycles. The predicted octanol–water partition coefficient (Wildman–Crippen LogP) is 21.2. The van der Waals surface area contributed by atoms with Gasteiger partial charge in [0, 0.05) is 19.3 Å². The Balaban J connectivity index is 4.34. The molecule has 0 fully saturated rings. The summed E-state index contributed by atoms with van der Waals surface area (Å²) in [5.41, 5.74) is 0. The average molecular weight is 1040 g/mol. The molecule has 426 valence electrons. The van der Waals surface area contributed by atoms with E-state index in [0.717, 1.165) is 135 Å². The summed E-state index contributed by atoms with van der Waals surface area (Å²) in [6.45, 7) is 6.48. The van der Waals surface area contributed by atoms with Crippen molar-refractivity contribution < 1.29 is 28.6 Å². The lowest BCUT2D eigenvalue weighted by molar-refractivity contribution is -0.167. The van der Waals surface area contributed by atoms with Gasteiger partial charge in [0.2, 0.25) is 0 Å². The second kappa shape index (κ2) is 62.4. The molecule has 0 bridgehead atoms. The monoisotopic (exact) mass is 1040 g/mol. The molecule has 0 aromatic heterocycles. The van der Waals surface area contributed by atoms with Crippen molar-refractivity contribution in [3.8, 4) is 0 Å². The van der Waals surface area contributed by atoms with Gasteiger partial charge in [0.25, 0.3) is 0 Å². The Morgan fingerprint density at radius 2 is 0.520 bits per heavy atom. The van der Waals surface area contributed by atoms with E-state index < -0.39 is 6.10 Å². The first kappa shape index (κ1) is 70.8. The minimum Gasteiger partial charge on any atom is -0.462 e. The molecule has 0 saturated carbocycles. The van der Waals surface area contributed by atoms with Gasteiger partial charge in [-0.2, -0.15) is 0 Å². The van der Waals surface area contributed by atoms with Crippen molar-refractivity contribution in [3.63, 3.8) is 0 Å². The van der Waals surface area contributed by atoms with Gasteiger partial charge in [0.05, 0.1) is 0 Å². The highest BCUT2D eigenvalue weighted by Crippen LogP contribution is 2.15. The number of carbonyl (C=O) groups is 3. The van der Waals surface area contributed by atoms with Crippen LogP contribution in [0.4, 0.5) is 0 Å². The van der Waals surface area contributed by atoms with Crippen molar-refractivity contribution in [3.05, 3.63) is 122 Å². The molecule has 75 heavy (non-hydrogen) atoms. The Hall–Kier alpha value is -4.19. The fourth-order valence-electron chi connectivity index (χ4n) is 8.31. The molecule has 6 nitrogen and oxygen atoms in total. The maximum absolute atomic E-state index is 12.8. The molecule has 0 aromatic rings. The summed E-state index contributed by atoms with van der Waals surface area (Å²) in [5, 5.41) is 0. The van der Waals surface area contributed by atoms with Crippen LogP contribution in [0.1, 0.15) is 278 Å². The van der Waals surface area contributed by atoms with Crippen molar-refractivity contribution in [2.45, 2.75) is 284 Å². The van der Waals surface area contributed by atoms with E-state index >= 15 is 0 Å². The molecule has 1 atom stereocenters. The largest absolute Gasteiger partial charge is 0.462 e. The van der Waals surface area contributed by atoms with E-state index in [1.165, 1.54) is 103 Å². The summed E-state index contributed by atoms with van der Waals surface area (Å²) >= 11 is 0. The summed E-state index contributed by atoms with van der Waals surface area (Å²) < 4.78 is 16.8. The molecule has 0 N–H and O–H groups in total.